The Morgan fingerprint density at radius 2 is 1.70 bits per heavy atom. The zero-order valence-corrected chi connectivity index (χ0v) is 19.6. The summed E-state index contributed by atoms with van der Waals surface area (Å²) >= 11 is 0. The minimum atomic E-state index is -0.129. The zero-order valence-electron chi connectivity index (χ0n) is 19.6. The number of methoxy groups -OCH3 is 1. The third-order valence-corrected chi connectivity index (χ3v) is 6.28. The highest BCUT2D eigenvalue weighted by Crippen LogP contribution is 2.23. The van der Waals surface area contributed by atoms with E-state index in [4.69, 9.17) is 4.74 Å². The number of amides is 2. The van der Waals surface area contributed by atoms with Crippen LogP contribution in [-0.4, -0.2) is 41.5 Å². The van der Waals surface area contributed by atoms with Crippen molar-refractivity contribution in [2.45, 2.75) is 39.7 Å². The van der Waals surface area contributed by atoms with Crippen LogP contribution in [0, 0.1) is 13.8 Å². The number of aromatic nitrogens is 1. The van der Waals surface area contributed by atoms with Gasteiger partial charge in [-0.15, -0.1) is 0 Å². The Hall–Kier alpha value is -3.54. The van der Waals surface area contributed by atoms with Crippen molar-refractivity contribution >= 4 is 11.8 Å². The highest BCUT2D eigenvalue weighted by molar-refractivity contribution is 5.96. The summed E-state index contributed by atoms with van der Waals surface area (Å²) in [6.07, 6.45) is 3.32. The molecule has 1 saturated heterocycles. The van der Waals surface area contributed by atoms with Gasteiger partial charge in [0, 0.05) is 42.3 Å². The Bertz CT molecular complexity index is 1140. The van der Waals surface area contributed by atoms with E-state index >= 15 is 0 Å². The van der Waals surface area contributed by atoms with Gasteiger partial charge in [0.25, 0.3) is 11.8 Å². The van der Waals surface area contributed by atoms with Gasteiger partial charge in [0.2, 0.25) is 0 Å². The van der Waals surface area contributed by atoms with Crippen LogP contribution in [0.15, 0.2) is 54.6 Å². The first-order valence-corrected chi connectivity index (χ1v) is 11.5. The van der Waals surface area contributed by atoms with Crippen molar-refractivity contribution in [1.82, 2.24) is 14.8 Å². The van der Waals surface area contributed by atoms with E-state index in [1.807, 2.05) is 73.3 Å². The van der Waals surface area contributed by atoms with Gasteiger partial charge in [-0.3, -0.25) is 9.59 Å². The molecule has 0 spiro atoms. The maximum atomic E-state index is 13.0. The highest BCUT2D eigenvalue weighted by Gasteiger charge is 2.19. The van der Waals surface area contributed by atoms with Crippen molar-refractivity contribution < 1.29 is 14.3 Å². The van der Waals surface area contributed by atoms with Crippen molar-refractivity contribution in [2.75, 3.05) is 20.2 Å². The van der Waals surface area contributed by atoms with Crippen LogP contribution in [0.2, 0.25) is 0 Å². The minimum absolute atomic E-state index is 0.0749. The molecular formula is C27H31N3O3. The van der Waals surface area contributed by atoms with E-state index in [0.29, 0.717) is 17.7 Å². The number of carbonyl (C=O) groups excluding carboxylic acids is 2. The van der Waals surface area contributed by atoms with Crippen molar-refractivity contribution in [3.05, 3.63) is 82.7 Å². The smallest absolute Gasteiger partial charge is 0.253 e. The Morgan fingerprint density at radius 1 is 0.970 bits per heavy atom. The summed E-state index contributed by atoms with van der Waals surface area (Å²) in [5.74, 6) is 0.738. The molecule has 2 aromatic carbocycles. The molecule has 2 heterocycles. The molecule has 1 aliphatic rings. The third-order valence-electron chi connectivity index (χ3n) is 6.28. The number of aryl methyl sites for hydroxylation is 1. The molecule has 0 bridgehead atoms. The number of hydrogen-bond donors (Lipinski definition) is 1. The molecule has 0 aliphatic carbocycles. The minimum Gasteiger partial charge on any atom is -0.497 e. The normalized spacial score (nSPS) is 13.6. The van der Waals surface area contributed by atoms with Gasteiger partial charge in [-0.25, -0.2) is 0 Å². The molecule has 1 N–H and O–H groups in total. The second-order valence-electron chi connectivity index (χ2n) is 8.55. The van der Waals surface area contributed by atoms with E-state index in [1.165, 1.54) is 6.42 Å². The molecule has 2 amide bonds. The summed E-state index contributed by atoms with van der Waals surface area (Å²) in [5.41, 5.74) is 5.08. The molecule has 0 unspecified atom stereocenters. The Balaban J connectivity index is 1.45. The van der Waals surface area contributed by atoms with E-state index in [1.54, 1.807) is 7.11 Å². The first kappa shape index (κ1) is 22.6. The zero-order chi connectivity index (χ0) is 23.4. The van der Waals surface area contributed by atoms with Crippen LogP contribution >= 0.6 is 0 Å². The second-order valence-corrected chi connectivity index (χ2v) is 8.55. The fourth-order valence-corrected chi connectivity index (χ4v) is 4.49. The van der Waals surface area contributed by atoms with E-state index in [9.17, 15) is 9.59 Å². The first-order chi connectivity index (χ1) is 16.0. The molecule has 33 heavy (non-hydrogen) atoms. The maximum absolute atomic E-state index is 13.0. The number of nitrogens with zero attached hydrogens (tertiary/aromatic N) is 2. The molecule has 1 fully saturated rings. The van der Waals surface area contributed by atoms with Crippen LogP contribution in [0.3, 0.4) is 0 Å². The summed E-state index contributed by atoms with van der Waals surface area (Å²) in [5, 5.41) is 3.01. The van der Waals surface area contributed by atoms with Gasteiger partial charge in [0.05, 0.1) is 12.7 Å². The van der Waals surface area contributed by atoms with Gasteiger partial charge < -0.3 is 19.5 Å². The largest absolute Gasteiger partial charge is 0.497 e. The maximum Gasteiger partial charge on any atom is 0.253 e. The summed E-state index contributed by atoms with van der Waals surface area (Å²) < 4.78 is 7.31. The molecule has 0 atom stereocenters. The standard InChI is InChI=1S/C27H31N3O3/c1-19-16-25(20(2)30(19)23-10-12-24(33-3)13-11-23)26(31)28-18-21-8-7-9-22(17-21)27(32)29-14-5-4-6-15-29/h7-13,16-17H,4-6,14-15,18H2,1-3H3,(H,28,31). The molecular weight excluding hydrogens is 414 g/mol. The third kappa shape index (κ3) is 4.95. The number of likely N-dealkylation sites (tertiary alicyclic amines) is 1. The molecule has 0 saturated carbocycles. The number of hydrogen-bond acceptors (Lipinski definition) is 3. The van der Waals surface area contributed by atoms with Crippen molar-refractivity contribution in [3.8, 4) is 11.4 Å². The predicted molar refractivity (Wildman–Crippen MR) is 129 cm³/mol. The molecule has 3 aromatic rings. The molecule has 6 nitrogen and oxygen atoms in total. The van der Waals surface area contributed by atoms with Gasteiger partial charge in [0.15, 0.2) is 0 Å². The lowest BCUT2D eigenvalue weighted by Crippen LogP contribution is -2.35. The molecule has 1 aromatic heterocycles. The van der Waals surface area contributed by atoms with Gasteiger partial charge in [-0.05, 0) is 81.1 Å². The Labute approximate surface area is 195 Å². The van der Waals surface area contributed by atoms with Crippen molar-refractivity contribution in [1.29, 1.82) is 0 Å². The SMILES string of the molecule is COc1ccc(-n2c(C)cc(C(=O)NCc3cccc(C(=O)N4CCCCC4)c3)c2C)cc1. The van der Waals surface area contributed by atoms with Gasteiger partial charge in [-0.2, -0.15) is 0 Å². The lowest BCUT2D eigenvalue weighted by Gasteiger charge is -2.26. The molecule has 0 radical (unpaired) electrons. The predicted octanol–water partition coefficient (Wildman–Crippen LogP) is 4.66. The monoisotopic (exact) mass is 445 g/mol. The van der Waals surface area contributed by atoms with E-state index < -0.39 is 0 Å². The van der Waals surface area contributed by atoms with Gasteiger partial charge >= 0.3 is 0 Å². The number of ether oxygens (including phenoxy) is 1. The molecule has 4 rings (SSSR count). The molecule has 6 heteroatoms. The summed E-state index contributed by atoms with van der Waals surface area (Å²) in [4.78, 5) is 27.7. The highest BCUT2D eigenvalue weighted by atomic mass is 16.5. The Kier molecular flexibility index (Phi) is 6.82. The summed E-state index contributed by atoms with van der Waals surface area (Å²) in [6, 6.07) is 17.2. The number of carbonyl (C=O) groups is 2. The summed E-state index contributed by atoms with van der Waals surface area (Å²) in [6.45, 7) is 5.95. The summed E-state index contributed by atoms with van der Waals surface area (Å²) in [7, 11) is 1.64. The topological polar surface area (TPSA) is 63.6 Å². The number of rotatable bonds is 6. The van der Waals surface area contributed by atoms with Crippen molar-refractivity contribution in [3.63, 3.8) is 0 Å². The first-order valence-electron chi connectivity index (χ1n) is 11.5. The average molecular weight is 446 g/mol. The van der Waals surface area contributed by atoms with Crippen LogP contribution in [-0.2, 0) is 6.54 Å². The van der Waals surface area contributed by atoms with Crippen LogP contribution in [0.5, 0.6) is 5.75 Å². The fraction of sp³-hybridized carbons (Fsp3) is 0.333. The number of piperidine rings is 1. The second kappa shape index (κ2) is 9.94. The van der Waals surface area contributed by atoms with Gasteiger partial charge in [0.1, 0.15) is 5.75 Å². The quantitative estimate of drug-likeness (QED) is 0.600. The van der Waals surface area contributed by atoms with E-state index in [0.717, 1.165) is 54.3 Å². The van der Waals surface area contributed by atoms with Crippen LogP contribution < -0.4 is 10.1 Å². The van der Waals surface area contributed by atoms with Gasteiger partial charge in [-0.1, -0.05) is 12.1 Å². The number of benzene rings is 2. The fourth-order valence-electron chi connectivity index (χ4n) is 4.49. The van der Waals surface area contributed by atoms with E-state index in [-0.39, 0.29) is 11.8 Å². The van der Waals surface area contributed by atoms with Crippen molar-refractivity contribution in [2.24, 2.45) is 0 Å². The van der Waals surface area contributed by atoms with Crippen LogP contribution in [0.25, 0.3) is 5.69 Å². The molecule has 1 aliphatic heterocycles. The molecule has 172 valence electrons. The van der Waals surface area contributed by atoms with E-state index in [2.05, 4.69) is 9.88 Å². The lowest BCUT2D eigenvalue weighted by molar-refractivity contribution is 0.0724. The lowest BCUT2D eigenvalue weighted by atomic mass is 10.1. The Morgan fingerprint density at radius 3 is 2.39 bits per heavy atom. The van der Waals surface area contributed by atoms with Crippen LogP contribution in [0.4, 0.5) is 0 Å². The van der Waals surface area contributed by atoms with Crippen LogP contribution in [0.1, 0.15) is 56.9 Å². The number of nitrogens with one attached hydrogen (secondary N) is 1. The average Bonchev–Trinajstić information content (AvgIpc) is 3.16.